The summed E-state index contributed by atoms with van der Waals surface area (Å²) in [7, 11) is 0. The van der Waals surface area contributed by atoms with Crippen LogP contribution < -0.4 is 11.5 Å². The predicted molar refractivity (Wildman–Crippen MR) is 56.9 cm³/mol. The van der Waals surface area contributed by atoms with Gasteiger partial charge in [0.05, 0.1) is 11.5 Å². The van der Waals surface area contributed by atoms with Gasteiger partial charge in [-0.25, -0.2) is 0 Å². The molecule has 3 amide bonds. The van der Waals surface area contributed by atoms with Gasteiger partial charge in [-0.2, -0.15) is 0 Å². The topological polar surface area (TPSA) is 106 Å². The van der Waals surface area contributed by atoms with E-state index in [0.717, 1.165) is 4.90 Å². The van der Waals surface area contributed by atoms with E-state index in [0.29, 0.717) is 0 Å². The van der Waals surface area contributed by atoms with Crippen LogP contribution in [0.1, 0.15) is 27.2 Å². The number of rotatable bonds is 3. The summed E-state index contributed by atoms with van der Waals surface area (Å²) >= 11 is 0. The summed E-state index contributed by atoms with van der Waals surface area (Å²) in [5, 5.41) is 0. The molecule has 1 rings (SSSR count). The number of nitrogens with two attached hydrogens (primary N) is 2. The van der Waals surface area contributed by atoms with Crippen LogP contribution >= 0.6 is 0 Å². The highest BCUT2D eigenvalue weighted by molar-refractivity contribution is 6.06. The fourth-order valence-corrected chi connectivity index (χ4v) is 1.79. The normalized spacial score (nSPS) is 23.4. The second-order valence-electron chi connectivity index (χ2n) is 4.80. The molecular weight excluding hydrogens is 210 g/mol. The number of carbonyl (C=O) groups excluding carboxylic acids is 3. The molecule has 1 heterocycles. The molecule has 1 fully saturated rings. The van der Waals surface area contributed by atoms with Crippen LogP contribution in [-0.4, -0.2) is 34.7 Å². The van der Waals surface area contributed by atoms with E-state index in [9.17, 15) is 14.4 Å². The number of primary amides is 1. The number of likely N-dealkylation sites (tertiary alicyclic amines) is 1. The van der Waals surface area contributed by atoms with Gasteiger partial charge in [-0.1, -0.05) is 13.8 Å². The minimum absolute atomic E-state index is 0.141. The van der Waals surface area contributed by atoms with Crippen LogP contribution in [0.5, 0.6) is 0 Å². The van der Waals surface area contributed by atoms with Crippen molar-refractivity contribution in [2.24, 2.45) is 16.9 Å². The summed E-state index contributed by atoms with van der Waals surface area (Å²) in [6, 6.07) is -1.72. The molecule has 0 spiro atoms. The van der Waals surface area contributed by atoms with Crippen LogP contribution in [0.15, 0.2) is 0 Å². The van der Waals surface area contributed by atoms with Crippen molar-refractivity contribution in [2.45, 2.75) is 39.3 Å². The molecule has 1 aliphatic rings. The first-order chi connectivity index (χ1) is 7.18. The van der Waals surface area contributed by atoms with Gasteiger partial charge >= 0.3 is 0 Å². The Morgan fingerprint density at radius 2 is 1.94 bits per heavy atom. The molecule has 1 aliphatic heterocycles. The predicted octanol–water partition coefficient (Wildman–Crippen LogP) is -1.03. The Kier molecular flexibility index (Phi) is 3.05. The Morgan fingerprint density at radius 3 is 2.25 bits per heavy atom. The molecule has 0 aliphatic carbocycles. The largest absolute Gasteiger partial charge is 0.368 e. The van der Waals surface area contributed by atoms with E-state index in [1.165, 1.54) is 0 Å². The van der Waals surface area contributed by atoms with Crippen LogP contribution in [0.3, 0.4) is 0 Å². The minimum atomic E-state index is -1.03. The highest BCUT2D eigenvalue weighted by Gasteiger charge is 2.48. The fourth-order valence-electron chi connectivity index (χ4n) is 1.79. The van der Waals surface area contributed by atoms with Gasteiger partial charge in [0.1, 0.15) is 6.04 Å². The number of imide groups is 1. The molecule has 90 valence electrons. The highest BCUT2D eigenvalue weighted by atomic mass is 16.2. The van der Waals surface area contributed by atoms with Crippen molar-refractivity contribution in [3.05, 3.63) is 0 Å². The van der Waals surface area contributed by atoms with Gasteiger partial charge in [0.25, 0.3) is 0 Å². The lowest BCUT2D eigenvalue weighted by molar-refractivity contribution is -0.144. The number of carbonyl (C=O) groups is 3. The molecule has 2 atom stereocenters. The quantitative estimate of drug-likeness (QED) is 0.601. The lowest BCUT2D eigenvalue weighted by Crippen LogP contribution is -2.54. The molecule has 1 saturated heterocycles. The molecule has 0 bridgehead atoms. The van der Waals surface area contributed by atoms with E-state index < -0.39 is 23.4 Å². The Bertz CT molecular complexity index is 351. The zero-order valence-corrected chi connectivity index (χ0v) is 9.69. The summed E-state index contributed by atoms with van der Waals surface area (Å²) < 4.78 is 0. The van der Waals surface area contributed by atoms with E-state index >= 15 is 0 Å². The third kappa shape index (κ3) is 1.92. The minimum Gasteiger partial charge on any atom is -0.368 e. The lowest BCUT2D eigenvalue weighted by Gasteiger charge is -2.27. The number of nitrogens with zero attached hydrogens (tertiary/aromatic N) is 1. The van der Waals surface area contributed by atoms with Crippen molar-refractivity contribution < 1.29 is 14.4 Å². The molecule has 16 heavy (non-hydrogen) atoms. The van der Waals surface area contributed by atoms with Gasteiger partial charge in [-0.05, 0) is 6.92 Å². The van der Waals surface area contributed by atoms with Gasteiger partial charge in [-0.15, -0.1) is 0 Å². The summed E-state index contributed by atoms with van der Waals surface area (Å²) in [5.74, 6) is -1.33. The van der Waals surface area contributed by atoms with Crippen LogP contribution in [0.25, 0.3) is 0 Å². The van der Waals surface area contributed by atoms with Crippen molar-refractivity contribution in [2.75, 3.05) is 0 Å². The SMILES string of the molecule is CC(C(N)C(N)=O)N1C(=O)CC(C)(C)C1=O. The van der Waals surface area contributed by atoms with Crippen LogP contribution in [-0.2, 0) is 14.4 Å². The summed E-state index contributed by atoms with van der Waals surface area (Å²) in [6.45, 7) is 4.93. The second-order valence-corrected chi connectivity index (χ2v) is 4.80. The van der Waals surface area contributed by atoms with Crippen molar-refractivity contribution >= 4 is 17.7 Å². The lowest BCUT2D eigenvalue weighted by atomic mass is 9.92. The van der Waals surface area contributed by atoms with Crippen molar-refractivity contribution in [1.82, 2.24) is 4.90 Å². The van der Waals surface area contributed by atoms with Gasteiger partial charge in [0.15, 0.2) is 0 Å². The van der Waals surface area contributed by atoms with Crippen LogP contribution in [0, 0.1) is 5.41 Å². The second kappa shape index (κ2) is 3.86. The van der Waals surface area contributed by atoms with E-state index in [-0.39, 0.29) is 18.2 Å². The standard InChI is InChI=1S/C10H17N3O3/c1-5(7(11)8(12)15)13-6(14)4-10(2,3)9(13)16/h5,7H,4,11H2,1-3H3,(H2,12,15). The Labute approximate surface area is 93.9 Å². The van der Waals surface area contributed by atoms with Crippen molar-refractivity contribution in [1.29, 1.82) is 0 Å². The average Bonchev–Trinajstić information content (AvgIpc) is 2.34. The maximum absolute atomic E-state index is 11.9. The molecular formula is C10H17N3O3. The Hall–Kier alpha value is -1.43. The van der Waals surface area contributed by atoms with E-state index in [1.807, 2.05) is 0 Å². The molecule has 0 aromatic carbocycles. The van der Waals surface area contributed by atoms with E-state index in [4.69, 9.17) is 11.5 Å². The fraction of sp³-hybridized carbons (Fsp3) is 0.700. The van der Waals surface area contributed by atoms with E-state index in [2.05, 4.69) is 0 Å². The number of hydrogen-bond acceptors (Lipinski definition) is 4. The smallest absolute Gasteiger partial charge is 0.236 e. The molecule has 0 aromatic heterocycles. The molecule has 0 saturated carbocycles. The van der Waals surface area contributed by atoms with Crippen LogP contribution in [0.4, 0.5) is 0 Å². The zero-order chi connectivity index (χ0) is 12.7. The van der Waals surface area contributed by atoms with Gasteiger partial charge in [-0.3, -0.25) is 19.3 Å². The molecule has 4 N–H and O–H groups in total. The maximum Gasteiger partial charge on any atom is 0.236 e. The number of amides is 3. The Balaban J connectivity index is 2.94. The molecule has 6 heteroatoms. The van der Waals surface area contributed by atoms with Gasteiger partial charge in [0, 0.05) is 6.42 Å². The molecule has 2 unspecified atom stereocenters. The first-order valence-corrected chi connectivity index (χ1v) is 5.10. The summed E-state index contributed by atoms with van der Waals surface area (Å²) in [4.78, 5) is 35.5. The van der Waals surface area contributed by atoms with Crippen LogP contribution in [0.2, 0.25) is 0 Å². The van der Waals surface area contributed by atoms with Crippen molar-refractivity contribution in [3.63, 3.8) is 0 Å². The number of hydrogen-bond donors (Lipinski definition) is 2. The molecule has 0 radical (unpaired) electrons. The molecule has 6 nitrogen and oxygen atoms in total. The molecule has 0 aromatic rings. The van der Waals surface area contributed by atoms with E-state index in [1.54, 1.807) is 20.8 Å². The van der Waals surface area contributed by atoms with Crippen molar-refractivity contribution in [3.8, 4) is 0 Å². The maximum atomic E-state index is 11.9. The first-order valence-electron chi connectivity index (χ1n) is 5.10. The summed E-state index contributed by atoms with van der Waals surface area (Å²) in [6.07, 6.45) is 0.141. The first kappa shape index (κ1) is 12.6. The van der Waals surface area contributed by atoms with Gasteiger partial charge < -0.3 is 11.5 Å². The summed E-state index contributed by atoms with van der Waals surface area (Å²) in [5.41, 5.74) is 9.86. The monoisotopic (exact) mass is 227 g/mol. The zero-order valence-electron chi connectivity index (χ0n) is 9.69. The highest BCUT2D eigenvalue weighted by Crippen LogP contribution is 2.33. The van der Waals surface area contributed by atoms with Gasteiger partial charge in [0.2, 0.25) is 17.7 Å². The average molecular weight is 227 g/mol. The third-order valence-electron chi connectivity index (χ3n) is 2.92. The third-order valence-corrected chi connectivity index (χ3v) is 2.92. The Morgan fingerprint density at radius 1 is 1.44 bits per heavy atom.